The van der Waals surface area contributed by atoms with Gasteiger partial charge < -0.3 is 18.8 Å². The van der Waals surface area contributed by atoms with Gasteiger partial charge in [0.05, 0.1) is 25.8 Å². The second-order valence-electron chi connectivity index (χ2n) is 8.71. The number of carbonyl (C=O) groups is 2. The van der Waals surface area contributed by atoms with Gasteiger partial charge in [0.1, 0.15) is 18.0 Å². The molecule has 186 valence electrons. The van der Waals surface area contributed by atoms with Crippen molar-refractivity contribution in [2.24, 2.45) is 0 Å². The lowest BCUT2D eigenvalue weighted by Gasteiger charge is -2.10. The molecule has 5 aromatic rings. The first kappa shape index (κ1) is 24.1. The fraction of sp³-hybridized carbons (Fsp3) is 0.161. The van der Waals surface area contributed by atoms with Crippen LogP contribution in [-0.2, 0) is 16.1 Å². The van der Waals surface area contributed by atoms with Crippen LogP contribution in [0.2, 0.25) is 0 Å². The third-order valence-corrected chi connectivity index (χ3v) is 6.21. The van der Waals surface area contributed by atoms with Crippen molar-refractivity contribution in [1.82, 2.24) is 4.57 Å². The summed E-state index contributed by atoms with van der Waals surface area (Å²) >= 11 is 0. The Hall–Kier alpha value is -4.58. The van der Waals surface area contributed by atoms with Crippen molar-refractivity contribution in [3.8, 4) is 11.5 Å². The predicted molar refractivity (Wildman–Crippen MR) is 143 cm³/mol. The minimum absolute atomic E-state index is 0.0126. The van der Waals surface area contributed by atoms with Crippen LogP contribution in [0.4, 0.5) is 0 Å². The SMILES string of the molecule is COC(=O)Cn1ccc2ccc(OCCCOc3ccc4cc(C(=O)c5ccccc5)ccc4c3)cc21. The molecule has 0 saturated carbocycles. The molecule has 5 rings (SSSR count). The largest absolute Gasteiger partial charge is 0.493 e. The molecule has 37 heavy (non-hydrogen) atoms. The minimum Gasteiger partial charge on any atom is -0.493 e. The van der Waals surface area contributed by atoms with Crippen molar-refractivity contribution >= 4 is 33.4 Å². The number of methoxy groups -OCH3 is 1. The van der Waals surface area contributed by atoms with Crippen LogP contribution < -0.4 is 9.47 Å². The first-order valence-corrected chi connectivity index (χ1v) is 12.2. The average Bonchev–Trinajstić information content (AvgIpc) is 3.34. The zero-order valence-corrected chi connectivity index (χ0v) is 20.6. The molecule has 4 aromatic carbocycles. The molecule has 1 heterocycles. The Balaban J connectivity index is 1.14. The monoisotopic (exact) mass is 493 g/mol. The Morgan fingerprint density at radius 3 is 2.14 bits per heavy atom. The van der Waals surface area contributed by atoms with Crippen LogP contribution in [0.3, 0.4) is 0 Å². The molecule has 0 atom stereocenters. The molecule has 6 heteroatoms. The Morgan fingerprint density at radius 1 is 0.703 bits per heavy atom. The van der Waals surface area contributed by atoms with Gasteiger partial charge in [0.15, 0.2) is 5.78 Å². The second kappa shape index (κ2) is 11.0. The fourth-order valence-corrected chi connectivity index (χ4v) is 4.25. The molecule has 0 spiro atoms. The molecule has 0 unspecified atom stereocenters. The minimum atomic E-state index is -0.296. The Kier molecular flexibility index (Phi) is 7.17. The lowest BCUT2D eigenvalue weighted by molar-refractivity contribution is -0.141. The van der Waals surface area contributed by atoms with E-state index in [9.17, 15) is 9.59 Å². The molecule has 0 N–H and O–H groups in total. The standard InChI is InChI=1S/C31H27NO5/c1-35-30(33)21-32-15-14-22-10-12-28(20-29(22)32)37-17-5-16-36-27-13-11-24-18-26(9-8-25(24)19-27)31(34)23-6-3-2-4-7-23/h2-4,6-15,18-20H,5,16-17,21H2,1H3. The van der Waals surface area contributed by atoms with Gasteiger partial charge in [-0.25, -0.2) is 0 Å². The number of nitrogens with zero attached hydrogens (tertiary/aromatic N) is 1. The maximum atomic E-state index is 12.7. The number of esters is 1. The van der Waals surface area contributed by atoms with E-state index in [1.807, 2.05) is 102 Å². The van der Waals surface area contributed by atoms with Gasteiger partial charge in [-0.3, -0.25) is 9.59 Å². The van der Waals surface area contributed by atoms with Gasteiger partial charge in [-0.15, -0.1) is 0 Å². The molecule has 0 aliphatic carbocycles. The average molecular weight is 494 g/mol. The molecular formula is C31H27NO5. The summed E-state index contributed by atoms with van der Waals surface area (Å²) in [6.45, 7) is 1.17. The Labute approximate surface area is 215 Å². The van der Waals surface area contributed by atoms with Crippen LogP contribution in [-0.4, -0.2) is 36.6 Å². The summed E-state index contributed by atoms with van der Waals surface area (Å²) < 4.78 is 18.5. The van der Waals surface area contributed by atoms with Crippen LogP contribution in [0.15, 0.2) is 97.2 Å². The third-order valence-electron chi connectivity index (χ3n) is 6.21. The summed E-state index contributed by atoms with van der Waals surface area (Å²) in [4.78, 5) is 24.4. The molecule has 0 bridgehead atoms. The number of hydrogen-bond acceptors (Lipinski definition) is 5. The zero-order valence-electron chi connectivity index (χ0n) is 20.6. The van der Waals surface area contributed by atoms with Crippen molar-refractivity contribution < 1.29 is 23.8 Å². The molecule has 6 nitrogen and oxygen atoms in total. The third kappa shape index (κ3) is 5.64. The summed E-state index contributed by atoms with van der Waals surface area (Å²) in [6.07, 6.45) is 2.58. The van der Waals surface area contributed by atoms with E-state index >= 15 is 0 Å². The number of aromatic nitrogens is 1. The maximum Gasteiger partial charge on any atom is 0.325 e. The zero-order chi connectivity index (χ0) is 25.6. The van der Waals surface area contributed by atoms with E-state index in [0.717, 1.165) is 33.2 Å². The number of rotatable bonds is 10. The van der Waals surface area contributed by atoms with Crippen molar-refractivity contribution in [1.29, 1.82) is 0 Å². The number of ether oxygens (including phenoxy) is 3. The second-order valence-corrected chi connectivity index (χ2v) is 8.71. The van der Waals surface area contributed by atoms with Gasteiger partial charge in [0.25, 0.3) is 0 Å². The van der Waals surface area contributed by atoms with E-state index in [2.05, 4.69) is 0 Å². The van der Waals surface area contributed by atoms with Crippen molar-refractivity contribution in [3.05, 3.63) is 108 Å². The lowest BCUT2D eigenvalue weighted by atomic mass is 10.00. The normalized spacial score (nSPS) is 10.9. The Bertz CT molecular complexity index is 1550. The Morgan fingerprint density at radius 2 is 1.38 bits per heavy atom. The highest BCUT2D eigenvalue weighted by atomic mass is 16.5. The van der Waals surface area contributed by atoms with E-state index in [1.54, 1.807) is 0 Å². The molecule has 0 aliphatic heterocycles. The number of benzene rings is 4. The van der Waals surface area contributed by atoms with E-state index < -0.39 is 0 Å². The van der Waals surface area contributed by atoms with Crippen molar-refractivity contribution in [2.75, 3.05) is 20.3 Å². The molecule has 0 aliphatic rings. The first-order valence-electron chi connectivity index (χ1n) is 12.2. The fourth-order valence-electron chi connectivity index (χ4n) is 4.25. The van der Waals surface area contributed by atoms with Crippen LogP contribution in [0, 0.1) is 0 Å². The maximum absolute atomic E-state index is 12.7. The van der Waals surface area contributed by atoms with Gasteiger partial charge >= 0.3 is 5.97 Å². The molecule has 0 saturated heterocycles. The quantitative estimate of drug-likeness (QED) is 0.135. The first-order chi connectivity index (χ1) is 18.1. The number of fused-ring (bicyclic) bond motifs is 2. The van der Waals surface area contributed by atoms with E-state index in [0.29, 0.717) is 30.8 Å². The van der Waals surface area contributed by atoms with Gasteiger partial charge in [0, 0.05) is 29.8 Å². The molecule has 0 amide bonds. The molecule has 0 radical (unpaired) electrons. The van der Waals surface area contributed by atoms with Crippen LogP contribution in [0.25, 0.3) is 21.7 Å². The number of carbonyl (C=O) groups excluding carboxylic acids is 2. The highest BCUT2D eigenvalue weighted by Gasteiger charge is 2.10. The van der Waals surface area contributed by atoms with E-state index in [4.69, 9.17) is 14.2 Å². The molecular weight excluding hydrogens is 466 g/mol. The van der Waals surface area contributed by atoms with Gasteiger partial charge in [0.2, 0.25) is 0 Å². The van der Waals surface area contributed by atoms with Crippen molar-refractivity contribution in [3.63, 3.8) is 0 Å². The summed E-state index contributed by atoms with van der Waals surface area (Å²) in [5.74, 6) is 1.23. The van der Waals surface area contributed by atoms with E-state index in [-0.39, 0.29) is 18.3 Å². The smallest absolute Gasteiger partial charge is 0.325 e. The van der Waals surface area contributed by atoms with Crippen LogP contribution in [0.1, 0.15) is 22.3 Å². The molecule has 1 aromatic heterocycles. The van der Waals surface area contributed by atoms with Gasteiger partial charge in [-0.05, 0) is 52.6 Å². The van der Waals surface area contributed by atoms with E-state index in [1.165, 1.54) is 7.11 Å². The van der Waals surface area contributed by atoms with Gasteiger partial charge in [-0.2, -0.15) is 0 Å². The number of ketones is 1. The highest BCUT2D eigenvalue weighted by Crippen LogP contribution is 2.24. The molecule has 0 fully saturated rings. The van der Waals surface area contributed by atoms with Crippen LogP contribution >= 0.6 is 0 Å². The highest BCUT2D eigenvalue weighted by molar-refractivity contribution is 6.10. The summed E-state index contributed by atoms with van der Waals surface area (Å²) in [5.41, 5.74) is 2.27. The summed E-state index contributed by atoms with van der Waals surface area (Å²) in [5, 5.41) is 3.04. The topological polar surface area (TPSA) is 66.8 Å². The summed E-state index contributed by atoms with van der Waals surface area (Å²) in [7, 11) is 1.38. The van der Waals surface area contributed by atoms with Gasteiger partial charge in [-0.1, -0.05) is 48.5 Å². The predicted octanol–water partition coefficient (Wildman–Crippen LogP) is 6.05. The lowest BCUT2D eigenvalue weighted by Crippen LogP contribution is -2.10. The van der Waals surface area contributed by atoms with Crippen LogP contribution in [0.5, 0.6) is 11.5 Å². The summed E-state index contributed by atoms with van der Waals surface area (Å²) in [6, 6.07) is 28.7. The number of hydrogen-bond donors (Lipinski definition) is 0. The van der Waals surface area contributed by atoms with Crippen molar-refractivity contribution in [2.45, 2.75) is 13.0 Å².